The number of carbonyl (C=O) groups is 1. The number of benzene rings is 1. The average molecular weight is 299 g/mol. The summed E-state index contributed by atoms with van der Waals surface area (Å²) in [6.45, 7) is 5.69. The maximum absolute atomic E-state index is 11.6. The highest BCUT2D eigenvalue weighted by Crippen LogP contribution is 2.05. The van der Waals surface area contributed by atoms with E-state index in [1.54, 1.807) is 0 Å². The molecule has 2 N–H and O–H groups in total. The van der Waals surface area contributed by atoms with E-state index in [0.717, 1.165) is 13.1 Å². The van der Waals surface area contributed by atoms with E-state index in [1.807, 2.05) is 18.2 Å². The summed E-state index contributed by atoms with van der Waals surface area (Å²) in [5.41, 5.74) is 1.18. The van der Waals surface area contributed by atoms with Crippen molar-refractivity contribution in [2.24, 2.45) is 11.8 Å². The van der Waals surface area contributed by atoms with Crippen LogP contribution in [0, 0.1) is 11.8 Å². The van der Waals surface area contributed by atoms with Crippen LogP contribution in [0.15, 0.2) is 30.3 Å². The van der Waals surface area contributed by atoms with Crippen LogP contribution in [0.25, 0.3) is 0 Å². The topological polar surface area (TPSA) is 50.4 Å². The highest BCUT2D eigenvalue weighted by Gasteiger charge is 2.24. The summed E-state index contributed by atoms with van der Waals surface area (Å²) < 4.78 is 5.65. The van der Waals surface area contributed by atoms with E-state index in [0.29, 0.717) is 25.7 Å². The Balaban J connectivity index is 0.00000200. The lowest BCUT2D eigenvalue weighted by Gasteiger charge is -2.26. The normalized spacial score (nSPS) is 15.8. The van der Waals surface area contributed by atoms with Gasteiger partial charge in [0.1, 0.15) is 0 Å². The van der Waals surface area contributed by atoms with E-state index in [1.165, 1.54) is 5.56 Å². The molecule has 1 aliphatic heterocycles. The van der Waals surface area contributed by atoms with Crippen molar-refractivity contribution in [2.75, 3.05) is 26.2 Å². The predicted octanol–water partition coefficient (Wildman–Crippen LogP) is 1.60. The van der Waals surface area contributed by atoms with Crippen molar-refractivity contribution in [3.8, 4) is 0 Å². The SMILES string of the molecule is CC(CNC(=O)C1CNC1)COCc1ccccc1.Cl. The zero-order chi connectivity index (χ0) is 13.5. The molecule has 1 atom stereocenters. The minimum atomic E-state index is 0. The van der Waals surface area contributed by atoms with Crippen molar-refractivity contribution < 1.29 is 9.53 Å². The maximum Gasteiger partial charge on any atom is 0.225 e. The average Bonchev–Trinajstić information content (AvgIpc) is 2.36. The number of carbonyl (C=O) groups excluding carboxylic acids is 1. The summed E-state index contributed by atoms with van der Waals surface area (Å²) in [5, 5.41) is 6.07. The van der Waals surface area contributed by atoms with Gasteiger partial charge < -0.3 is 15.4 Å². The maximum atomic E-state index is 11.6. The van der Waals surface area contributed by atoms with Gasteiger partial charge >= 0.3 is 0 Å². The lowest BCUT2D eigenvalue weighted by molar-refractivity contribution is -0.126. The fourth-order valence-corrected chi connectivity index (χ4v) is 1.90. The first kappa shape index (κ1) is 17.0. The molecule has 1 aromatic carbocycles. The molecule has 1 saturated heterocycles. The number of nitrogens with one attached hydrogen (secondary N) is 2. The van der Waals surface area contributed by atoms with Crippen molar-refractivity contribution in [1.29, 1.82) is 0 Å². The molecular formula is C15H23ClN2O2. The van der Waals surface area contributed by atoms with Gasteiger partial charge in [0, 0.05) is 19.6 Å². The molecule has 0 spiro atoms. The molecular weight excluding hydrogens is 276 g/mol. The van der Waals surface area contributed by atoms with E-state index in [9.17, 15) is 4.79 Å². The molecule has 1 heterocycles. The van der Waals surface area contributed by atoms with Crippen LogP contribution < -0.4 is 10.6 Å². The quantitative estimate of drug-likeness (QED) is 0.804. The smallest absolute Gasteiger partial charge is 0.225 e. The van der Waals surface area contributed by atoms with Gasteiger partial charge in [0.2, 0.25) is 5.91 Å². The van der Waals surface area contributed by atoms with Gasteiger partial charge in [-0.3, -0.25) is 4.79 Å². The third-order valence-electron chi connectivity index (χ3n) is 3.29. The van der Waals surface area contributed by atoms with Crippen LogP contribution in [0.5, 0.6) is 0 Å². The Labute approximate surface area is 126 Å². The lowest BCUT2D eigenvalue weighted by Crippen LogP contribution is -2.51. The molecule has 1 unspecified atom stereocenters. The highest BCUT2D eigenvalue weighted by atomic mass is 35.5. The highest BCUT2D eigenvalue weighted by molar-refractivity contribution is 5.85. The number of amides is 1. The van der Waals surface area contributed by atoms with Crippen molar-refractivity contribution in [3.05, 3.63) is 35.9 Å². The van der Waals surface area contributed by atoms with Crippen LogP contribution in [0.1, 0.15) is 12.5 Å². The van der Waals surface area contributed by atoms with Crippen LogP contribution in [0.2, 0.25) is 0 Å². The molecule has 0 aliphatic carbocycles. The molecule has 1 aliphatic rings. The van der Waals surface area contributed by atoms with Crippen LogP contribution in [-0.2, 0) is 16.1 Å². The molecule has 0 aromatic heterocycles. The Morgan fingerprint density at radius 1 is 1.40 bits per heavy atom. The molecule has 2 rings (SSSR count). The second-order valence-corrected chi connectivity index (χ2v) is 5.21. The van der Waals surface area contributed by atoms with Crippen molar-refractivity contribution in [2.45, 2.75) is 13.5 Å². The van der Waals surface area contributed by atoms with Gasteiger partial charge in [-0.2, -0.15) is 0 Å². The summed E-state index contributed by atoms with van der Waals surface area (Å²) in [5.74, 6) is 0.659. The number of halogens is 1. The first-order valence-electron chi connectivity index (χ1n) is 6.86. The van der Waals surface area contributed by atoms with E-state index >= 15 is 0 Å². The molecule has 0 saturated carbocycles. The van der Waals surface area contributed by atoms with Gasteiger partial charge in [0.15, 0.2) is 0 Å². The van der Waals surface area contributed by atoms with Gasteiger partial charge in [0.25, 0.3) is 0 Å². The molecule has 0 radical (unpaired) electrons. The fourth-order valence-electron chi connectivity index (χ4n) is 1.90. The summed E-state index contributed by atoms with van der Waals surface area (Å²) in [4.78, 5) is 11.6. The molecule has 1 amide bonds. The number of hydrogen-bond acceptors (Lipinski definition) is 3. The third-order valence-corrected chi connectivity index (χ3v) is 3.29. The van der Waals surface area contributed by atoms with Crippen molar-refractivity contribution >= 4 is 18.3 Å². The van der Waals surface area contributed by atoms with Crippen LogP contribution >= 0.6 is 12.4 Å². The number of ether oxygens (including phenoxy) is 1. The number of hydrogen-bond donors (Lipinski definition) is 2. The molecule has 1 fully saturated rings. The molecule has 5 heteroatoms. The van der Waals surface area contributed by atoms with Gasteiger partial charge in [-0.1, -0.05) is 37.3 Å². The first-order chi connectivity index (χ1) is 9.25. The second kappa shape index (κ2) is 8.95. The minimum Gasteiger partial charge on any atom is -0.376 e. The third kappa shape index (κ3) is 5.49. The summed E-state index contributed by atoms with van der Waals surface area (Å²) in [6, 6.07) is 10.1. The second-order valence-electron chi connectivity index (χ2n) is 5.21. The van der Waals surface area contributed by atoms with E-state index in [4.69, 9.17) is 4.74 Å². The summed E-state index contributed by atoms with van der Waals surface area (Å²) in [6.07, 6.45) is 0. The molecule has 0 bridgehead atoms. The van der Waals surface area contributed by atoms with E-state index in [2.05, 4.69) is 29.7 Å². The zero-order valence-corrected chi connectivity index (χ0v) is 12.6. The van der Waals surface area contributed by atoms with E-state index < -0.39 is 0 Å². The molecule has 4 nitrogen and oxygen atoms in total. The molecule has 20 heavy (non-hydrogen) atoms. The summed E-state index contributed by atoms with van der Waals surface area (Å²) in [7, 11) is 0. The lowest BCUT2D eigenvalue weighted by atomic mass is 10.0. The monoisotopic (exact) mass is 298 g/mol. The van der Waals surface area contributed by atoms with E-state index in [-0.39, 0.29) is 24.2 Å². The molecule has 112 valence electrons. The van der Waals surface area contributed by atoms with Gasteiger partial charge in [0.05, 0.1) is 19.1 Å². The summed E-state index contributed by atoms with van der Waals surface area (Å²) >= 11 is 0. The minimum absolute atomic E-state index is 0. The Morgan fingerprint density at radius 2 is 2.10 bits per heavy atom. The largest absolute Gasteiger partial charge is 0.376 e. The fraction of sp³-hybridized carbons (Fsp3) is 0.533. The Hall–Kier alpha value is -1.10. The Kier molecular flexibility index (Phi) is 7.59. The predicted molar refractivity (Wildman–Crippen MR) is 81.9 cm³/mol. The number of rotatable bonds is 7. The van der Waals surface area contributed by atoms with Crippen molar-refractivity contribution in [3.63, 3.8) is 0 Å². The Bertz CT molecular complexity index is 396. The van der Waals surface area contributed by atoms with Gasteiger partial charge in [-0.15, -0.1) is 12.4 Å². The molecule has 1 aromatic rings. The van der Waals surface area contributed by atoms with Crippen LogP contribution in [0.3, 0.4) is 0 Å². The standard InChI is InChI=1S/C15H22N2O2.ClH/c1-12(7-17-15(18)14-8-16-9-14)10-19-11-13-5-3-2-4-6-13;/h2-6,12,14,16H,7-11H2,1H3,(H,17,18);1H. The van der Waals surface area contributed by atoms with Gasteiger partial charge in [-0.05, 0) is 11.5 Å². The van der Waals surface area contributed by atoms with Crippen LogP contribution in [0.4, 0.5) is 0 Å². The Morgan fingerprint density at radius 3 is 2.70 bits per heavy atom. The van der Waals surface area contributed by atoms with Gasteiger partial charge in [-0.25, -0.2) is 0 Å². The van der Waals surface area contributed by atoms with Crippen molar-refractivity contribution in [1.82, 2.24) is 10.6 Å². The van der Waals surface area contributed by atoms with Crippen LogP contribution in [-0.4, -0.2) is 32.1 Å². The zero-order valence-electron chi connectivity index (χ0n) is 11.8. The first-order valence-corrected chi connectivity index (χ1v) is 6.86.